The molecule has 4 N–H and O–H groups in total. The van der Waals surface area contributed by atoms with Gasteiger partial charge in [-0.15, -0.1) is 0 Å². The minimum atomic E-state index is -0.905. The lowest BCUT2D eigenvalue weighted by Gasteiger charge is -2.17. The molecule has 10 heteroatoms. The predicted molar refractivity (Wildman–Crippen MR) is 99.2 cm³/mol. The molecule has 0 atom stereocenters. The molecular weight excluding hydrogens is 350 g/mol. The van der Waals surface area contributed by atoms with Gasteiger partial charge < -0.3 is 20.1 Å². The SMILES string of the molecule is CNC(=O)N(OC(=O)Nc1nc2ccccc2[nH]1)c1nc2ccccc2[nH]1. The summed E-state index contributed by atoms with van der Waals surface area (Å²) in [5.41, 5.74) is 2.77. The average molecular weight is 365 g/mol. The van der Waals surface area contributed by atoms with Crippen LogP contribution in [0.3, 0.4) is 0 Å². The van der Waals surface area contributed by atoms with E-state index in [1.807, 2.05) is 30.3 Å². The fraction of sp³-hybridized carbons (Fsp3) is 0.0588. The van der Waals surface area contributed by atoms with Crippen LogP contribution in [0.2, 0.25) is 0 Å². The maximum absolute atomic E-state index is 12.3. The highest BCUT2D eigenvalue weighted by molar-refractivity contribution is 5.94. The molecule has 0 aliphatic carbocycles. The van der Waals surface area contributed by atoms with E-state index in [9.17, 15) is 9.59 Å². The number of benzene rings is 2. The number of hydrogen-bond acceptors (Lipinski definition) is 5. The number of nitrogens with one attached hydrogen (secondary N) is 4. The number of fused-ring (bicyclic) bond motifs is 2. The number of hydroxylamine groups is 1. The molecule has 136 valence electrons. The molecule has 0 spiro atoms. The number of urea groups is 1. The molecule has 4 rings (SSSR count). The predicted octanol–water partition coefficient (Wildman–Crippen LogP) is 2.75. The second-order valence-corrected chi connectivity index (χ2v) is 5.53. The van der Waals surface area contributed by atoms with Crippen LogP contribution in [-0.2, 0) is 4.84 Å². The van der Waals surface area contributed by atoms with Gasteiger partial charge in [-0.25, -0.2) is 19.6 Å². The van der Waals surface area contributed by atoms with Gasteiger partial charge in [0.15, 0.2) is 0 Å². The van der Waals surface area contributed by atoms with Crippen LogP contribution in [0.5, 0.6) is 0 Å². The summed E-state index contributed by atoms with van der Waals surface area (Å²) in [5, 5.41) is 5.58. The van der Waals surface area contributed by atoms with Gasteiger partial charge in [0, 0.05) is 7.05 Å². The number of aromatic amines is 2. The minimum Gasteiger partial charge on any atom is -0.338 e. The fourth-order valence-electron chi connectivity index (χ4n) is 2.53. The number of anilines is 2. The van der Waals surface area contributed by atoms with E-state index in [0.717, 1.165) is 10.6 Å². The Morgan fingerprint density at radius 1 is 0.963 bits per heavy atom. The molecule has 0 aliphatic heterocycles. The normalized spacial score (nSPS) is 10.7. The maximum Gasteiger partial charge on any atom is 0.439 e. The lowest BCUT2D eigenvalue weighted by Crippen LogP contribution is -2.41. The summed E-state index contributed by atoms with van der Waals surface area (Å²) in [5.74, 6) is 0.262. The summed E-state index contributed by atoms with van der Waals surface area (Å²) in [6.45, 7) is 0. The number of para-hydroxylation sites is 4. The van der Waals surface area contributed by atoms with E-state index in [2.05, 4.69) is 30.6 Å². The second kappa shape index (κ2) is 6.67. The van der Waals surface area contributed by atoms with Crippen LogP contribution in [0, 0.1) is 0 Å². The van der Waals surface area contributed by atoms with Gasteiger partial charge in [-0.3, -0.25) is 5.32 Å². The number of hydrogen-bond donors (Lipinski definition) is 4. The average Bonchev–Trinajstić information content (AvgIpc) is 3.28. The van der Waals surface area contributed by atoms with Crippen LogP contribution in [0.1, 0.15) is 0 Å². The van der Waals surface area contributed by atoms with Crippen LogP contribution in [0.25, 0.3) is 22.1 Å². The molecule has 0 radical (unpaired) electrons. The zero-order valence-electron chi connectivity index (χ0n) is 14.2. The lowest BCUT2D eigenvalue weighted by atomic mass is 10.3. The maximum atomic E-state index is 12.3. The fourth-order valence-corrected chi connectivity index (χ4v) is 2.53. The Labute approximate surface area is 152 Å². The van der Waals surface area contributed by atoms with Crippen LogP contribution >= 0.6 is 0 Å². The summed E-state index contributed by atoms with van der Waals surface area (Å²) in [7, 11) is 1.42. The van der Waals surface area contributed by atoms with Crippen molar-refractivity contribution in [2.45, 2.75) is 0 Å². The molecule has 0 saturated heterocycles. The monoisotopic (exact) mass is 365 g/mol. The Morgan fingerprint density at radius 2 is 1.59 bits per heavy atom. The summed E-state index contributed by atoms with van der Waals surface area (Å²) in [6, 6.07) is 13.8. The van der Waals surface area contributed by atoms with E-state index in [0.29, 0.717) is 16.6 Å². The van der Waals surface area contributed by atoms with Crippen molar-refractivity contribution < 1.29 is 14.4 Å². The largest absolute Gasteiger partial charge is 0.439 e. The highest BCUT2D eigenvalue weighted by atomic mass is 16.7. The van der Waals surface area contributed by atoms with E-state index < -0.39 is 12.1 Å². The molecule has 27 heavy (non-hydrogen) atoms. The summed E-state index contributed by atoms with van der Waals surface area (Å²) < 4.78 is 0. The molecule has 2 heterocycles. The van der Waals surface area contributed by atoms with Crippen LogP contribution in [0.15, 0.2) is 48.5 Å². The highest BCUT2D eigenvalue weighted by Gasteiger charge is 2.24. The third-order valence-electron chi connectivity index (χ3n) is 3.75. The van der Waals surface area contributed by atoms with Crippen LogP contribution in [0.4, 0.5) is 21.5 Å². The first kappa shape index (κ1) is 16.4. The Morgan fingerprint density at radius 3 is 2.22 bits per heavy atom. The van der Waals surface area contributed by atoms with Crippen molar-refractivity contribution in [1.82, 2.24) is 25.3 Å². The van der Waals surface area contributed by atoms with Gasteiger partial charge in [0.25, 0.3) is 0 Å². The van der Waals surface area contributed by atoms with E-state index in [1.165, 1.54) is 7.05 Å². The standard InChI is InChI=1S/C17H15N7O3/c1-18-16(25)24(15-21-12-8-4-5-9-13(12)22-15)27-17(26)23-14-19-10-6-2-3-7-11(10)20-14/h2-9H,1H3,(H,18,25)(H,21,22)(H2,19,20,23,26). The first-order valence-corrected chi connectivity index (χ1v) is 8.04. The van der Waals surface area contributed by atoms with Crippen molar-refractivity contribution >= 4 is 46.1 Å². The number of H-pyrrole nitrogens is 2. The zero-order valence-corrected chi connectivity index (χ0v) is 14.2. The third kappa shape index (κ3) is 3.23. The second-order valence-electron chi connectivity index (χ2n) is 5.53. The summed E-state index contributed by atoms with van der Waals surface area (Å²) >= 11 is 0. The van der Waals surface area contributed by atoms with E-state index >= 15 is 0 Å². The van der Waals surface area contributed by atoms with Crippen molar-refractivity contribution in [3.63, 3.8) is 0 Å². The molecule has 0 aliphatic rings. The van der Waals surface area contributed by atoms with Gasteiger partial charge in [-0.05, 0) is 24.3 Å². The number of aromatic nitrogens is 4. The van der Waals surface area contributed by atoms with Crippen molar-refractivity contribution in [3.05, 3.63) is 48.5 Å². The number of carbonyl (C=O) groups is 2. The van der Waals surface area contributed by atoms with Crippen LogP contribution < -0.4 is 15.7 Å². The van der Waals surface area contributed by atoms with E-state index in [-0.39, 0.29) is 11.9 Å². The van der Waals surface area contributed by atoms with E-state index in [1.54, 1.807) is 18.2 Å². The number of rotatable bonds is 2. The van der Waals surface area contributed by atoms with E-state index in [4.69, 9.17) is 4.84 Å². The molecule has 0 bridgehead atoms. The molecule has 0 saturated carbocycles. The topological polar surface area (TPSA) is 128 Å². The molecule has 10 nitrogen and oxygen atoms in total. The number of nitrogens with zero attached hydrogens (tertiary/aromatic N) is 3. The molecule has 3 amide bonds. The lowest BCUT2D eigenvalue weighted by molar-refractivity contribution is 0.146. The summed E-state index contributed by atoms with van der Waals surface area (Å²) in [6.07, 6.45) is -0.905. The van der Waals surface area contributed by atoms with Gasteiger partial charge >= 0.3 is 12.1 Å². The van der Waals surface area contributed by atoms with Gasteiger partial charge in [0.2, 0.25) is 11.9 Å². The summed E-state index contributed by atoms with van der Waals surface area (Å²) in [4.78, 5) is 43.9. The molecular formula is C17H15N7O3. The molecule has 4 aromatic rings. The quantitative estimate of drug-likeness (QED) is 0.406. The van der Waals surface area contributed by atoms with Gasteiger partial charge in [-0.1, -0.05) is 29.3 Å². The Bertz CT molecular complexity index is 1070. The smallest absolute Gasteiger partial charge is 0.338 e. The van der Waals surface area contributed by atoms with Crippen molar-refractivity contribution in [2.75, 3.05) is 17.4 Å². The zero-order chi connectivity index (χ0) is 18.8. The Kier molecular flexibility index (Phi) is 4.05. The first-order valence-electron chi connectivity index (χ1n) is 8.04. The Balaban J connectivity index is 1.55. The number of carbonyl (C=O) groups excluding carboxylic acids is 2. The van der Waals surface area contributed by atoms with Crippen molar-refractivity contribution in [2.24, 2.45) is 0 Å². The minimum absolute atomic E-state index is 0.0651. The number of imidazole rings is 2. The highest BCUT2D eigenvalue weighted by Crippen LogP contribution is 2.18. The molecule has 2 aromatic carbocycles. The van der Waals surface area contributed by atoms with Gasteiger partial charge in [0.05, 0.1) is 22.1 Å². The molecule has 0 fully saturated rings. The number of amides is 3. The first-order chi connectivity index (χ1) is 13.1. The van der Waals surface area contributed by atoms with Crippen molar-refractivity contribution in [1.29, 1.82) is 0 Å². The van der Waals surface area contributed by atoms with Crippen molar-refractivity contribution in [3.8, 4) is 0 Å². The van der Waals surface area contributed by atoms with Gasteiger partial charge in [-0.2, -0.15) is 0 Å². The van der Waals surface area contributed by atoms with Gasteiger partial charge in [0.1, 0.15) is 0 Å². The molecule has 0 unspecified atom stereocenters. The third-order valence-corrected chi connectivity index (χ3v) is 3.75. The van der Waals surface area contributed by atoms with Crippen LogP contribution in [-0.4, -0.2) is 39.1 Å². The molecule has 2 aromatic heterocycles. The Hall–Kier alpha value is -4.08.